The van der Waals surface area contributed by atoms with Crippen molar-refractivity contribution in [2.45, 2.75) is 44.1 Å². The molecule has 2 unspecified atom stereocenters. The molecule has 0 aliphatic carbocycles. The number of carbonyl (C=O) groups is 1. The van der Waals surface area contributed by atoms with Gasteiger partial charge in [0.2, 0.25) is 5.78 Å². The molecule has 1 heterocycles. The highest BCUT2D eigenvalue weighted by molar-refractivity contribution is 7.95. The molecule has 0 aromatic heterocycles. The van der Waals surface area contributed by atoms with Gasteiger partial charge in [-0.25, -0.2) is 0 Å². The lowest BCUT2D eigenvalue weighted by Gasteiger charge is -2.44. The van der Waals surface area contributed by atoms with Crippen molar-refractivity contribution in [2.75, 3.05) is 0 Å². The summed E-state index contributed by atoms with van der Waals surface area (Å²) >= 11 is -1.41. The summed E-state index contributed by atoms with van der Waals surface area (Å²) in [5.41, 5.74) is 0. The van der Waals surface area contributed by atoms with E-state index in [4.69, 9.17) is 0 Å². The average molecular weight is 230 g/mol. The van der Waals surface area contributed by atoms with Crippen LogP contribution in [0.1, 0.15) is 34.6 Å². The molecule has 0 saturated carbocycles. The van der Waals surface area contributed by atoms with Crippen LogP contribution < -0.4 is 0 Å². The molecule has 3 nitrogen and oxygen atoms in total. The summed E-state index contributed by atoms with van der Waals surface area (Å²) in [7, 11) is 0. The molecule has 1 aliphatic heterocycles. The van der Waals surface area contributed by atoms with E-state index in [9.17, 15) is 14.5 Å². The third-order valence-corrected chi connectivity index (χ3v) is 5.90. The van der Waals surface area contributed by atoms with Gasteiger partial charge in [-0.2, -0.15) is 0 Å². The smallest absolute Gasteiger partial charge is 0.213 e. The summed E-state index contributed by atoms with van der Waals surface area (Å²) in [6.45, 7) is 8.86. The van der Waals surface area contributed by atoms with Gasteiger partial charge in [0.25, 0.3) is 0 Å². The predicted octanol–water partition coefficient (Wildman–Crippen LogP) is 1.95. The lowest BCUT2D eigenvalue weighted by atomic mass is 9.92. The standard InChI is InChI=1S/C11H18O3S/c1-7(2)11(5)9(13)6-8(12)10(3,4)15(11)14/h6-7,13H,1-5H3. The molecule has 4 heteroatoms. The Labute approximate surface area is 93.7 Å². The van der Waals surface area contributed by atoms with Crippen LogP contribution in [0.2, 0.25) is 0 Å². The summed E-state index contributed by atoms with van der Waals surface area (Å²) in [5, 5.41) is 9.82. The zero-order valence-corrected chi connectivity index (χ0v) is 10.6. The molecule has 1 N–H and O–H groups in total. The van der Waals surface area contributed by atoms with Crippen LogP contribution in [0.5, 0.6) is 0 Å². The van der Waals surface area contributed by atoms with E-state index in [0.717, 1.165) is 0 Å². The van der Waals surface area contributed by atoms with Crippen LogP contribution in [-0.4, -0.2) is 24.9 Å². The maximum absolute atomic E-state index is 12.3. The average Bonchev–Trinajstić information content (AvgIpc) is 2.12. The van der Waals surface area contributed by atoms with Gasteiger partial charge in [-0.05, 0) is 31.9 Å². The Balaban J connectivity index is 3.32. The highest BCUT2D eigenvalue weighted by Gasteiger charge is 2.57. The molecule has 1 aliphatic rings. The molecule has 86 valence electrons. The summed E-state index contributed by atoms with van der Waals surface area (Å²) < 4.78 is 10.6. The highest BCUT2D eigenvalue weighted by atomic mass is 32.2. The minimum atomic E-state index is -1.41. The SMILES string of the molecule is CC(C)C1(C)C(O)=CC(=O)C(C)(C)[S+]1[O-]. The van der Waals surface area contributed by atoms with Gasteiger partial charge in [0.15, 0.2) is 15.3 Å². The fourth-order valence-corrected chi connectivity index (χ4v) is 3.65. The number of rotatable bonds is 1. The van der Waals surface area contributed by atoms with Gasteiger partial charge in [0.1, 0.15) is 0 Å². The summed E-state index contributed by atoms with van der Waals surface area (Å²) in [4.78, 5) is 11.6. The molecule has 1 rings (SSSR count). The highest BCUT2D eigenvalue weighted by Crippen LogP contribution is 2.43. The van der Waals surface area contributed by atoms with Gasteiger partial charge < -0.3 is 9.66 Å². The molecule has 0 aromatic carbocycles. The number of ketones is 1. The Morgan fingerprint density at radius 3 is 2.27 bits per heavy atom. The van der Waals surface area contributed by atoms with Crippen molar-refractivity contribution >= 4 is 17.0 Å². The van der Waals surface area contributed by atoms with Crippen LogP contribution in [0.15, 0.2) is 11.8 Å². The Kier molecular flexibility index (Phi) is 2.96. The maximum Gasteiger partial charge on any atom is 0.213 e. The molecule has 0 fully saturated rings. The summed E-state index contributed by atoms with van der Waals surface area (Å²) in [6.07, 6.45) is 1.22. The minimum Gasteiger partial charge on any atom is -0.615 e. The summed E-state index contributed by atoms with van der Waals surface area (Å²) in [5.74, 6) is -0.307. The van der Waals surface area contributed by atoms with E-state index in [0.29, 0.717) is 0 Å². The lowest BCUT2D eigenvalue weighted by molar-refractivity contribution is -0.116. The fourth-order valence-electron chi connectivity index (χ4n) is 1.67. The maximum atomic E-state index is 12.3. The number of allylic oxidation sites excluding steroid dienone is 1. The molecule has 0 aromatic rings. The van der Waals surface area contributed by atoms with Crippen molar-refractivity contribution in [3.63, 3.8) is 0 Å². The van der Waals surface area contributed by atoms with Crippen LogP contribution in [0.3, 0.4) is 0 Å². The van der Waals surface area contributed by atoms with E-state index in [1.54, 1.807) is 20.8 Å². The molecule has 0 radical (unpaired) electrons. The molecule has 0 amide bonds. The second-order valence-electron chi connectivity index (χ2n) is 4.93. The predicted molar refractivity (Wildman–Crippen MR) is 61.2 cm³/mol. The largest absolute Gasteiger partial charge is 0.615 e. The van der Waals surface area contributed by atoms with Crippen LogP contribution in [0.4, 0.5) is 0 Å². The molecule has 2 atom stereocenters. The van der Waals surface area contributed by atoms with Gasteiger partial charge in [0, 0.05) is 12.0 Å². The molecular formula is C11H18O3S. The number of hydrogen-bond acceptors (Lipinski definition) is 3. The third kappa shape index (κ3) is 1.60. The van der Waals surface area contributed by atoms with E-state index in [1.807, 2.05) is 13.8 Å². The minimum absolute atomic E-state index is 0.0157. The van der Waals surface area contributed by atoms with Crippen molar-refractivity contribution < 1.29 is 14.5 Å². The van der Waals surface area contributed by atoms with E-state index in [1.165, 1.54) is 6.08 Å². The number of aliphatic hydroxyl groups excluding tert-OH is 1. The molecule has 0 bridgehead atoms. The van der Waals surface area contributed by atoms with Crippen molar-refractivity contribution in [3.05, 3.63) is 11.8 Å². The van der Waals surface area contributed by atoms with Crippen LogP contribution in [-0.2, 0) is 16.0 Å². The normalized spacial score (nSPS) is 35.5. The van der Waals surface area contributed by atoms with Gasteiger partial charge in [-0.1, -0.05) is 13.8 Å². The first-order chi connectivity index (χ1) is 6.65. The van der Waals surface area contributed by atoms with Gasteiger partial charge in [-0.15, -0.1) is 0 Å². The van der Waals surface area contributed by atoms with Crippen molar-refractivity contribution in [1.82, 2.24) is 0 Å². The second kappa shape index (κ2) is 3.52. The van der Waals surface area contributed by atoms with Gasteiger partial charge in [-0.3, -0.25) is 4.79 Å². The first-order valence-electron chi connectivity index (χ1n) is 5.02. The van der Waals surface area contributed by atoms with Crippen molar-refractivity contribution in [3.8, 4) is 0 Å². The van der Waals surface area contributed by atoms with Crippen LogP contribution in [0, 0.1) is 5.92 Å². The third-order valence-electron chi connectivity index (χ3n) is 3.32. The quantitative estimate of drug-likeness (QED) is 0.700. The number of aliphatic hydroxyl groups is 1. The molecule has 15 heavy (non-hydrogen) atoms. The number of carbonyl (C=O) groups excluding carboxylic acids is 1. The summed E-state index contributed by atoms with van der Waals surface area (Å²) in [6, 6.07) is 0. The van der Waals surface area contributed by atoms with E-state index in [2.05, 4.69) is 0 Å². The van der Waals surface area contributed by atoms with E-state index >= 15 is 0 Å². The Bertz CT molecular complexity index is 320. The number of hydrogen-bond donors (Lipinski definition) is 1. The first-order valence-corrected chi connectivity index (χ1v) is 6.17. The Morgan fingerprint density at radius 1 is 1.40 bits per heavy atom. The zero-order chi connectivity index (χ0) is 12.0. The van der Waals surface area contributed by atoms with Crippen LogP contribution in [0.25, 0.3) is 0 Å². The van der Waals surface area contributed by atoms with Crippen molar-refractivity contribution in [2.24, 2.45) is 5.92 Å². The lowest BCUT2D eigenvalue weighted by Crippen LogP contribution is -2.58. The monoisotopic (exact) mass is 230 g/mol. The molecular weight excluding hydrogens is 212 g/mol. The van der Waals surface area contributed by atoms with Crippen LogP contribution >= 0.6 is 0 Å². The van der Waals surface area contributed by atoms with Crippen molar-refractivity contribution in [1.29, 1.82) is 0 Å². The Hall–Kier alpha value is -0.480. The fraction of sp³-hybridized carbons (Fsp3) is 0.727. The zero-order valence-electron chi connectivity index (χ0n) is 9.83. The van der Waals surface area contributed by atoms with Gasteiger partial charge in [0.05, 0.1) is 0 Å². The van der Waals surface area contributed by atoms with E-state index < -0.39 is 20.7 Å². The molecule has 0 spiro atoms. The van der Waals surface area contributed by atoms with E-state index in [-0.39, 0.29) is 17.5 Å². The topological polar surface area (TPSA) is 60.4 Å². The van der Waals surface area contributed by atoms with Gasteiger partial charge >= 0.3 is 0 Å². The Morgan fingerprint density at radius 2 is 1.87 bits per heavy atom. The molecule has 0 saturated heterocycles. The second-order valence-corrected chi connectivity index (χ2v) is 7.34. The first kappa shape index (κ1) is 12.6.